The molecule has 0 radical (unpaired) electrons. The SMILES string of the molecule is CCCCNC(=O)[C@@H](C)N(Cc1c(Cl)cccc1Cl)C(=O)Cc1ccc(Cl)cc1. The highest BCUT2D eigenvalue weighted by atomic mass is 35.5. The molecule has 0 spiro atoms. The van der Waals surface area contributed by atoms with Gasteiger partial charge in [0.2, 0.25) is 11.8 Å². The van der Waals surface area contributed by atoms with Crippen LogP contribution < -0.4 is 5.32 Å². The van der Waals surface area contributed by atoms with Gasteiger partial charge in [-0.3, -0.25) is 9.59 Å². The lowest BCUT2D eigenvalue weighted by atomic mass is 10.1. The van der Waals surface area contributed by atoms with Crippen LogP contribution >= 0.6 is 34.8 Å². The second-order valence-corrected chi connectivity index (χ2v) is 8.10. The van der Waals surface area contributed by atoms with Gasteiger partial charge in [0.1, 0.15) is 6.04 Å². The lowest BCUT2D eigenvalue weighted by Gasteiger charge is -2.29. The van der Waals surface area contributed by atoms with Crippen LogP contribution in [0.2, 0.25) is 15.1 Å². The fraction of sp³-hybridized carbons (Fsp3) is 0.364. The summed E-state index contributed by atoms with van der Waals surface area (Å²) in [6, 6.07) is 11.6. The van der Waals surface area contributed by atoms with Gasteiger partial charge in [-0.1, -0.05) is 66.3 Å². The number of halogens is 3. The number of unbranched alkanes of at least 4 members (excludes halogenated alkanes) is 1. The summed E-state index contributed by atoms with van der Waals surface area (Å²) in [6.07, 6.45) is 2.00. The van der Waals surface area contributed by atoms with Crippen molar-refractivity contribution >= 4 is 46.6 Å². The second-order valence-electron chi connectivity index (χ2n) is 6.85. The molecule has 0 unspecified atom stereocenters. The maximum atomic E-state index is 13.1. The van der Waals surface area contributed by atoms with Crippen molar-refractivity contribution < 1.29 is 9.59 Å². The Kier molecular flexibility index (Phi) is 9.28. The van der Waals surface area contributed by atoms with Crippen LogP contribution in [0.4, 0.5) is 0 Å². The number of hydrogen-bond donors (Lipinski definition) is 1. The summed E-state index contributed by atoms with van der Waals surface area (Å²) in [5, 5.41) is 4.41. The minimum atomic E-state index is -0.668. The first-order valence-corrected chi connectivity index (χ1v) is 10.7. The molecule has 0 saturated carbocycles. The van der Waals surface area contributed by atoms with E-state index in [0.29, 0.717) is 27.2 Å². The van der Waals surface area contributed by atoms with E-state index in [0.717, 1.165) is 18.4 Å². The summed E-state index contributed by atoms with van der Waals surface area (Å²) in [6.45, 7) is 4.49. The van der Waals surface area contributed by atoms with Crippen molar-refractivity contribution in [2.24, 2.45) is 0 Å². The van der Waals surface area contributed by atoms with Gasteiger partial charge in [0.25, 0.3) is 0 Å². The first kappa shape index (κ1) is 23.5. The van der Waals surface area contributed by atoms with Gasteiger partial charge in [-0.2, -0.15) is 0 Å². The molecule has 29 heavy (non-hydrogen) atoms. The zero-order valence-corrected chi connectivity index (χ0v) is 18.8. The van der Waals surface area contributed by atoms with E-state index in [9.17, 15) is 9.59 Å². The van der Waals surface area contributed by atoms with E-state index < -0.39 is 6.04 Å². The summed E-state index contributed by atoms with van der Waals surface area (Å²) in [7, 11) is 0. The molecule has 0 aromatic heterocycles. The van der Waals surface area contributed by atoms with E-state index in [4.69, 9.17) is 34.8 Å². The maximum absolute atomic E-state index is 13.1. The number of nitrogens with one attached hydrogen (secondary N) is 1. The van der Waals surface area contributed by atoms with Gasteiger partial charge < -0.3 is 10.2 Å². The zero-order valence-electron chi connectivity index (χ0n) is 16.6. The van der Waals surface area contributed by atoms with Gasteiger partial charge in [0.05, 0.1) is 6.42 Å². The Morgan fingerprint density at radius 1 is 1.03 bits per heavy atom. The third-order valence-electron chi connectivity index (χ3n) is 4.66. The van der Waals surface area contributed by atoms with E-state index in [1.165, 1.54) is 4.90 Å². The Morgan fingerprint density at radius 2 is 1.66 bits per heavy atom. The van der Waals surface area contributed by atoms with Crippen LogP contribution in [-0.2, 0) is 22.6 Å². The molecule has 0 bridgehead atoms. The molecule has 2 aromatic carbocycles. The van der Waals surface area contributed by atoms with Crippen LogP contribution in [0.1, 0.15) is 37.8 Å². The number of carbonyl (C=O) groups is 2. The smallest absolute Gasteiger partial charge is 0.242 e. The molecule has 0 aliphatic heterocycles. The van der Waals surface area contributed by atoms with E-state index >= 15 is 0 Å². The van der Waals surface area contributed by atoms with Crippen molar-refractivity contribution in [2.45, 2.75) is 45.7 Å². The van der Waals surface area contributed by atoms with Crippen LogP contribution in [0.25, 0.3) is 0 Å². The van der Waals surface area contributed by atoms with Crippen LogP contribution in [0.5, 0.6) is 0 Å². The third kappa shape index (κ3) is 6.91. The summed E-state index contributed by atoms with van der Waals surface area (Å²) < 4.78 is 0. The standard InChI is InChI=1S/C22H25Cl3N2O2/c1-3-4-12-26-22(29)15(2)27(14-18-19(24)6-5-7-20(18)25)21(28)13-16-8-10-17(23)11-9-16/h5-11,15H,3-4,12-14H2,1-2H3,(H,26,29)/t15-/m1/s1. The maximum Gasteiger partial charge on any atom is 0.242 e. The van der Waals surface area contributed by atoms with E-state index in [2.05, 4.69) is 12.2 Å². The molecular formula is C22H25Cl3N2O2. The van der Waals surface area contributed by atoms with Crippen LogP contribution in [-0.4, -0.2) is 29.3 Å². The highest BCUT2D eigenvalue weighted by molar-refractivity contribution is 6.36. The summed E-state index contributed by atoms with van der Waals surface area (Å²) in [4.78, 5) is 27.3. The van der Waals surface area contributed by atoms with Crippen molar-refractivity contribution in [3.63, 3.8) is 0 Å². The summed E-state index contributed by atoms with van der Waals surface area (Å²) >= 11 is 18.5. The highest BCUT2D eigenvalue weighted by Gasteiger charge is 2.27. The van der Waals surface area contributed by atoms with Gasteiger partial charge >= 0.3 is 0 Å². The number of carbonyl (C=O) groups excluding carboxylic acids is 2. The number of benzene rings is 2. The molecule has 2 amide bonds. The van der Waals surface area contributed by atoms with Gasteiger partial charge in [0.15, 0.2) is 0 Å². The molecule has 0 aliphatic carbocycles. The number of nitrogens with zero attached hydrogens (tertiary/aromatic N) is 1. The molecule has 156 valence electrons. The Bertz CT molecular complexity index is 820. The molecule has 4 nitrogen and oxygen atoms in total. The molecule has 0 aliphatic rings. The normalized spacial score (nSPS) is 11.8. The average molecular weight is 456 g/mol. The highest BCUT2D eigenvalue weighted by Crippen LogP contribution is 2.27. The monoisotopic (exact) mass is 454 g/mol. The molecule has 0 saturated heterocycles. The molecule has 7 heteroatoms. The fourth-order valence-corrected chi connectivity index (χ4v) is 3.49. The lowest BCUT2D eigenvalue weighted by molar-refractivity contribution is -0.140. The molecular weight excluding hydrogens is 431 g/mol. The van der Waals surface area contributed by atoms with Crippen molar-refractivity contribution in [3.05, 3.63) is 68.7 Å². The largest absolute Gasteiger partial charge is 0.354 e. The first-order valence-electron chi connectivity index (χ1n) is 9.58. The topological polar surface area (TPSA) is 49.4 Å². The average Bonchev–Trinajstić information content (AvgIpc) is 2.69. The van der Waals surface area contributed by atoms with Crippen LogP contribution in [0.3, 0.4) is 0 Å². The van der Waals surface area contributed by atoms with Gasteiger partial charge in [-0.15, -0.1) is 0 Å². The first-order chi connectivity index (χ1) is 13.8. The Labute approximate surface area is 187 Å². The van der Waals surface area contributed by atoms with Gasteiger partial charge in [0, 0.05) is 33.7 Å². The Hall–Kier alpha value is -1.75. The Balaban J connectivity index is 2.24. The fourth-order valence-electron chi connectivity index (χ4n) is 2.85. The predicted molar refractivity (Wildman–Crippen MR) is 120 cm³/mol. The van der Waals surface area contributed by atoms with E-state index in [-0.39, 0.29) is 24.8 Å². The van der Waals surface area contributed by atoms with Gasteiger partial charge in [-0.05, 0) is 43.2 Å². The number of hydrogen-bond acceptors (Lipinski definition) is 2. The van der Waals surface area contributed by atoms with Crippen LogP contribution in [0, 0.1) is 0 Å². The molecule has 1 N–H and O–H groups in total. The third-order valence-corrected chi connectivity index (χ3v) is 5.62. The molecule has 1 atom stereocenters. The van der Waals surface area contributed by atoms with Crippen molar-refractivity contribution in [1.29, 1.82) is 0 Å². The zero-order chi connectivity index (χ0) is 21.4. The van der Waals surface area contributed by atoms with Crippen molar-refractivity contribution in [3.8, 4) is 0 Å². The summed E-state index contributed by atoms with van der Waals surface area (Å²) in [5.41, 5.74) is 1.43. The Morgan fingerprint density at radius 3 is 2.24 bits per heavy atom. The van der Waals surface area contributed by atoms with Crippen molar-refractivity contribution in [1.82, 2.24) is 10.2 Å². The number of amides is 2. The quantitative estimate of drug-likeness (QED) is 0.506. The molecule has 2 rings (SSSR count). The molecule has 2 aromatic rings. The van der Waals surface area contributed by atoms with Crippen LogP contribution in [0.15, 0.2) is 42.5 Å². The molecule has 0 fully saturated rings. The summed E-state index contributed by atoms with van der Waals surface area (Å²) in [5.74, 6) is -0.396. The second kappa shape index (κ2) is 11.4. The predicted octanol–water partition coefficient (Wildman–Crippen LogP) is 5.52. The van der Waals surface area contributed by atoms with Gasteiger partial charge in [-0.25, -0.2) is 0 Å². The number of rotatable bonds is 9. The molecule has 0 heterocycles. The lowest BCUT2D eigenvalue weighted by Crippen LogP contribution is -2.48. The minimum absolute atomic E-state index is 0.145. The van der Waals surface area contributed by atoms with E-state index in [1.807, 2.05) is 0 Å². The minimum Gasteiger partial charge on any atom is -0.354 e. The van der Waals surface area contributed by atoms with E-state index in [1.54, 1.807) is 49.4 Å². The van der Waals surface area contributed by atoms with Crippen molar-refractivity contribution in [2.75, 3.05) is 6.54 Å².